The van der Waals surface area contributed by atoms with E-state index in [1.54, 1.807) is 30.8 Å². The number of esters is 1. The van der Waals surface area contributed by atoms with E-state index in [0.29, 0.717) is 27.9 Å². The summed E-state index contributed by atoms with van der Waals surface area (Å²) in [6.07, 6.45) is 0. The molecule has 0 bridgehead atoms. The second-order valence-electron chi connectivity index (χ2n) is 6.12. The number of hydrogen-bond donors (Lipinski definition) is 0. The normalized spacial score (nSPS) is 18.1. The second kappa shape index (κ2) is 7.23. The van der Waals surface area contributed by atoms with E-state index in [-0.39, 0.29) is 5.97 Å². The number of amidine groups is 1. The van der Waals surface area contributed by atoms with Gasteiger partial charge in [0.15, 0.2) is 5.17 Å². The van der Waals surface area contributed by atoms with Gasteiger partial charge in [-0.05, 0) is 55.4 Å². The third kappa shape index (κ3) is 3.14. The molecule has 0 amide bonds. The molecule has 27 heavy (non-hydrogen) atoms. The topological polar surface area (TPSA) is 41.9 Å². The molecule has 0 saturated heterocycles. The molecule has 138 valence electrons. The zero-order chi connectivity index (χ0) is 19.1. The highest BCUT2D eigenvalue weighted by atomic mass is 35.5. The van der Waals surface area contributed by atoms with Crippen LogP contribution in [0.4, 0.5) is 5.69 Å². The minimum atomic E-state index is -0.433. The average Bonchev–Trinajstić information content (AvgIpc) is 2.99. The molecule has 1 atom stereocenters. The quantitative estimate of drug-likeness (QED) is 0.585. The van der Waals surface area contributed by atoms with Gasteiger partial charge in [0.25, 0.3) is 0 Å². The van der Waals surface area contributed by atoms with E-state index >= 15 is 0 Å². The fraction of sp³-hybridized carbons (Fsp3) is 0.200. The van der Waals surface area contributed by atoms with Crippen molar-refractivity contribution in [1.82, 2.24) is 0 Å². The first-order valence-electron chi connectivity index (χ1n) is 8.49. The summed E-state index contributed by atoms with van der Waals surface area (Å²) in [6.45, 7) is 3.91. The summed E-state index contributed by atoms with van der Waals surface area (Å²) in [5.41, 5.74) is 2.90. The zero-order valence-corrected chi connectivity index (χ0v) is 17.0. The number of nitrogens with zero attached hydrogens (tertiary/aromatic N) is 2. The Hall–Kier alpha value is -1.95. The Bertz CT molecular complexity index is 1000. The monoisotopic (exact) mass is 418 g/mol. The molecule has 0 spiro atoms. The Morgan fingerprint density at radius 1 is 1.26 bits per heavy atom. The molecule has 2 aromatic carbocycles. The minimum absolute atomic E-state index is 0.290. The first-order chi connectivity index (χ1) is 13.0. The number of aliphatic imine (C=N–C) groups is 1. The van der Waals surface area contributed by atoms with E-state index in [9.17, 15) is 4.79 Å². The predicted molar refractivity (Wildman–Crippen MR) is 111 cm³/mol. The van der Waals surface area contributed by atoms with Crippen molar-refractivity contribution in [2.24, 2.45) is 4.99 Å². The van der Waals surface area contributed by atoms with Crippen molar-refractivity contribution in [3.63, 3.8) is 0 Å². The van der Waals surface area contributed by atoms with Crippen LogP contribution in [0.25, 0.3) is 0 Å². The van der Waals surface area contributed by atoms with Crippen LogP contribution in [0, 0.1) is 0 Å². The molecule has 0 fully saturated rings. The first-order valence-corrected chi connectivity index (χ1v) is 10.1. The summed E-state index contributed by atoms with van der Waals surface area (Å²) >= 11 is 14.2. The molecule has 4 rings (SSSR count). The van der Waals surface area contributed by atoms with Crippen molar-refractivity contribution in [2.75, 3.05) is 11.5 Å². The second-order valence-corrected chi connectivity index (χ2v) is 7.97. The molecule has 2 aromatic rings. The van der Waals surface area contributed by atoms with Crippen molar-refractivity contribution in [3.8, 4) is 0 Å². The molecular formula is C20H16Cl2N2O2S. The average molecular weight is 419 g/mol. The van der Waals surface area contributed by atoms with E-state index in [1.165, 1.54) is 0 Å². The van der Waals surface area contributed by atoms with Crippen LogP contribution in [0.2, 0.25) is 10.0 Å². The van der Waals surface area contributed by atoms with Gasteiger partial charge < -0.3 is 9.64 Å². The van der Waals surface area contributed by atoms with Crippen LogP contribution in [0.1, 0.15) is 25.5 Å². The summed E-state index contributed by atoms with van der Waals surface area (Å²) < 4.78 is 5.33. The van der Waals surface area contributed by atoms with Crippen molar-refractivity contribution in [3.05, 3.63) is 69.3 Å². The summed E-state index contributed by atoms with van der Waals surface area (Å²) in [7, 11) is 0. The number of halogens is 2. The number of carbonyl (C=O) groups is 1. The molecule has 0 aliphatic carbocycles. The Balaban J connectivity index is 1.94. The van der Waals surface area contributed by atoms with Crippen LogP contribution in [-0.4, -0.2) is 17.7 Å². The molecule has 0 unspecified atom stereocenters. The lowest BCUT2D eigenvalue weighted by Gasteiger charge is -2.35. The molecule has 7 heteroatoms. The van der Waals surface area contributed by atoms with E-state index in [2.05, 4.69) is 4.99 Å². The molecule has 0 N–H and O–H groups in total. The molecule has 2 heterocycles. The van der Waals surface area contributed by atoms with Crippen LogP contribution >= 0.6 is 35.0 Å². The lowest BCUT2D eigenvalue weighted by molar-refractivity contribution is -0.138. The van der Waals surface area contributed by atoms with E-state index in [1.807, 2.05) is 42.2 Å². The lowest BCUT2D eigenvalue weighted by atomic mass is 9.94. The first kappa shape index (κ1) is 18.4. The maximum Gasteiger partial charge on any atom is 0.338 e. The van der Waals surface area contributed by atoms with Gasteiger partial charge in [0, 0.05) is 14.9 Å². The molecule has 2 aliphatic heterocycles. The summed E-state index contributed by atoms with van der Waals surface area (Å²) in [4.78, 5) is 20.6. The largest absolute Gasteiger partial charge is 0.463 e. The Kier molecular flexibility index (Phi) is 4.93. The Morgan fingerprint density at radius 3 is 2.78 bits per heavy atom. The number of fused-ring (bicyclic) bond motifs is 3. The summed E-state index contributed by atoms with van der Waals surface area (Å²) in [6, 6.07) is 12.9. The maximum atomic E-state index is 12.8. The number of hydrogen-bond acceptors (Lipinski definition) is 5. The van der Waals surface area contributed by atoms with Gasteiger partial charge >= 0.3 is 5.97 Å². The van der Waals surface area contributed by atoms with Crippen LogP contribution < -0.4 is 4.90 Å². The van der Waals surface area contributed by atoms with Crippen LogP contribution in [0.5, 0.6) is 0 Å². The van der Waals surface area contributed by atoms with E-state index in [4.69, 9.17) is 27.9 Å². The molecule has 0 aromatic heterocycles. The fourth-order valence-corrected chi connectivity index (χ4v) is 4.95. The van der Waals surface area contributed by atoms with Gasteiger partial charge in [-0.2, -0.15) is 0 Å². The molecule has 4 nitrogen and oxygen atoms in total. The number of rotatable bonds is 3. The van der Waals surface area contributed by atoms with E-state index in [0.717, 1.165) is 21.3 Å². The van der Waals surface area contributed by atoms with E-state index < -0.39 is 6.04 Å². The van der Waals surface area contributed by atoms with Crippen molar-refractivity contribution >= 4 is 51.8 Å². The number of carbonyl (C=O) groups excluding carboxylic acids is 1. The number of para-hydroxylation sites is 1. The fourth-order valence-electron chi connectivity index (χ4n) is 3.34. The minimum Gasteiger partial charge on any atom is -0.463 e. The van der Waals surface area contributed by atoms with Gasteiger partial charge in [-0.3, -0.25) is 0 Å². The number of benzene rings is 2. The molecule has 0 saturated carbocycles. The SMILES string of the molecule is CCOC(=O)C1=C(C)N=C2Sc3ccccc3N2[C@@H]1c1ccc(Cl)cc1Cl. The van der Waals surface area contributed by atoms with Gasteiger partial charge in [-0.1, -0.05) is 41.4 Å². The summed E-state index contributed by atoms with van der Waals surface area (Å²) in [5, 5.41) is 1.86. The van der Waals surface area contributed by atoms with Crippen LogP contribution in [0.15, 0.2) is 63.6 Å². The number of anilines is 1. The maximum absolute atomic E-state index is 12.8. The zero-order valence-electron chi connectivity index (χ0n) is 14.7. The van der Waals surface area contributed by atoms with Gasteiger partial charge in [0.1, 0.15) is 0 Å². The number of allylic oxidation sites excluding steroid dienone is 1. The van der Waals surface area contributed by atoms with Crippen molar-refractivity contribution < 1.29 is 9.53 Å². The van der Waals surface area contributed by atoms with Gasteiger partial charge in [0.05, 0.1) is 29.6 Å². The van der Waals surface area contributed by atoms with Crippen LogP contribution in [0.3, 0.4) is 0 Å². The number of ether oxygens (including phenoxy) is 1. The van der Waals surface area contributed by atoms with Gasteiger partial charge in [-0.25, -0.2) is 9.79 Å². The predicted octanol–water partition coefficient (Wildman–Crippen LogP) is 5.85. The summed E-state index contributed by atoms with van der Waals surface area (Å²) in [5.74, 6) is -0.386. The Morgan fingerprint density at radius 2 is 2.04 bits per heavy atom. The standard InChI is InChI=1S/C20H16Cl2N2O2S/c1-3-26-19(25)17-11(2)23-20-24(15-6-4-5-7-16(15)27-20)18(17)13-9-8-12(21)10-14(13)22/h4-10,18H,3H2,1-2H3/t18-/m1/s1. The van der Waals surface area contributed by atoms with Gasteiger partial charge in [-0.15, -0.1) is 0 Å². The molecular weight excluding hydrogens is 403 g/mol. The third-order valence-electron chi connectivity index (χ3n) is 4.47. The highest BCUT2D eigenvalue weighted by Gasteiger charge is 2.42. The highest BCUT2D eigenvalue weighted by Crippen LogP contribution is 2.50. The lowest BCUT2D eigenvalue weighted by Crippen LogP contribution is -2.37. The molecule has 2 aliphatic rings. The third-order valence-corrected chi connectivity index (χ3v) is 6.07. The molecule has 0 radical (unpaired) electrons. The van der Waals surface area contributed by atoms with Crippen LogP contribution in [-0.2, 0) is 9.53 Å². The Labute approximate surface area is 171 Å². The van der Waals surface area contributed by atoms with Crippen molar-refractivity contribution in [2.45, 2.75) is 24.8 Å². The smallest absolute Gasteiger partial charge is 0.338 e. The highest BCUT2D eigenvalue weighted by molar-refractivity contribution is 8.14. The van der Waals surface area contributed by atoms with Gasteiger partial charge in [0.2, 0.25) is 0 Å². The van der Waals surface area contributed by atoms with Crippen molar-refractivity contribution in [1.29, 1.82) is 0 Å². The number of thioether (sulfide) groups is 1.